The number of nitrogens with zero attached hydrogens (tertiary/aromatic N) is 1. The van der Waals surface area contributed by atoms with Crippen LogP contribution in [0.1, 0.15) is 46.0 Å². The molecular weight excluding hydrogens is 249 g/mol. The molecule has 5 heteroatoms. The SMILES string of the molecule is CCCCCP(N)(=S)CC(C)CC(=N)CC#N. The summed E-state index contributed by atoms with van der Waals surface area (Å²) in [6, 6.07) is 2.00. The molecule has 0 saturated heterocycles. The Morgan fingerprint density at radius 2 is 2.18 bits per heavy atom. The van der Waals surface area contributed by atoms with Gasteiger partial charge < -0.3 is 10.9 Å². The van der Waals surface area contributed by atoms with Gasteiger partial charge in [-0.1, -0.05) is 38.5 Å². The van der Waals surface area contributed by atoms with Crippen LogP contribution in [-0.4, -0.2) is 18.0 Å². The van der Waals surface area contributed by atoms with Crippen LogP contribution in [0.4, 0.5) is 0 Å². The number of nitrogens with one attached hydrogen (secondary N) is 1. The Morgan fingerprint density at radius 3 is 2.71 bits per heavy atom. The zero-order valence-corrected chi connectivity index (χ0v) is 12.6. The van der Waals surface area contributed by atoms with E-state index in [0.29, 0.717) is 18.1 Å². The molecule has 0 spiro atoms. The number of rotatable bonds is 9. The first-order valence-electron chi connectivity index (χ1n) is 6.21. The second kappa shape index (κ2) is 8.80. The maximum atomic E-state index is 8.50. The van der Waals surface area contributed by atoms with Crippen molar-refractivity contribution in [1.82, 2.24) is 0 Å². The average Bonchev–Trinajstić information content (AvgIpc) is 2.16. The molecule has 0 aliphatic carbocycles. The van der Waals surface area contributed by atoms with Crippen LogP contribution >= 0.6 is 6.19 Å². The highest BCUT2D eigenvalue weighted by Crippen LogP contribution is 2.40. The van der Waals surface area contributed by atoms with E-state index in [4.69, 9.17) is 28.0 Å². The summed E-state index contributed by atoms with van der Waals surface area (Å²) in [5.41, 5.74) is 6.70. The Morgan fingerprint density at radius 1 is 1.53 bits per heavy atom. The summed E-state index contributed by atoms with van der Waals surface area (Å²) in [7, 11) is 0. The standard InChI is InChI=1S/C12H24N3PS/c1-3-4-5-8-16(15,17)10-11(2)9-12(14)6-7-13/h11,14H,3-6,8-10H2,1-2H3,(H2,15,17). The Hall–Kier alpha value is -0.230. The molecule has 0 heterocycles. The van der Waals surface area contributed by atoms with Crippen LogP contribution in [0.25, 0.3) is 0 Å². The highest BCUT2D eigenvalue weighted by atomic mass is 32.4. The highest BCUT2D eigenvalue weighted by Gasteiger charge is 2.16. The van der Waals surface area contributed by atoms with E-state index in [0.717, 1.165) is 18.7 Å². The van der Waals surface area contributed by atoms with E-state index in [2.05, 4.69) is 13.8 Å². The van der Waals surface area contributed by atoms with Crippen LogP contribution in [0.5, 0.6) is 0 Å². The molecular formula is C12H24N3PS. The molecule has 0 amide bonds. The molecule has 0 radical (unpaired) electrons. The molecule has 2 unspecified atom stereocenters. The molecule has 0 aliphatic rings. The van der Waals surface area contributed by atoms with Crippen LogP contribution < -0.4 is 5.50 Å². The van der Waals surface area contributed by atoms with Gasteiger partial charge in [-0.3, -0.25) is 0 Å². The third kappa shape index (κ3) is 9.47. The predicted octanol–water partition coefficient (Wildman–Crippen LogP) is 3.49. The van der Waals surface area contributed by atoms with Gasteiger partial charge >= 0.3 is 0 Å². The summed E-state index contributed by atoms with van der Waals surface area (Å²) in [5.74, 6) is 0.341. The van der Waals surface area contributed by atoms with Crippen molar-refractivity contribution < 1.29 is 0 Å². The van der Waals surface area contributed by atoms with Crippen molar-refractivity contribution in [1.29, 1.82) is 10.7 Å². The first-order valence-corrected chi connectivity index (χ1v) is 9.45. The van der Waals surface area contributed by atoms with Gasteiger partial charge in [-0.05, 0) is 31.1 Å². The van der Waals surface area contributed by atoms with Gasteiger partial charge in [-0.15, -0.1) is 0 Å². The van der Waals surface area contributed by atoms with Crippen molar-refractivity contribution in [2.45, 2.75) is 46.0 Å². The molecule has 0 aromatic heterocycles. The summed E-state index contributed by atoms with van der Waals surface area (Å²) in [5, 5.41) is 16.1. The van der Waals surface area contributed by atoms with Gasteiger partial charge in [0.1, 0.15) is 0 Å². The maximum Gasteiger partial charge on any atom is 0.0728 e. The fourth-order valence-corrected chi connectivity index (χ4v) is 5.18. The molecule has 0 rings (SSSR count). The van der Waals surface area contributed by atoms with Crippen molar-refractivity contribution >= 4 is 23.7 Å². The fourth-order valence-electron chi connectivity index (χ4n) is 1.90. The lowest BCUT2D eigenvalue weighted by atomic mass is 10.1. The van der Waals surface area contributed by atoms with Crippen molar-refractivity contribution in [3.05, 3.63) is 0 Å². The van der Waals surface area contributed by atoms with Crippen molar-refractivity contribution in [2.75, 3.05) is 12.3 Å². The largest absolute Gasteiger partial charge is 0.309 e. The average molecular weight is 273 g/mol. The summed E-state index contributed by atoms with van der Waals surface area (Å²) >= 11 is 5.50. The minimum atomic E-state index is -1.70. The lowest BCUT2D eigenvalue weighted by Crippen LogP contribution is -2.14. The molecule has 3 N–H and O–H groups in total. The number of hydrogen-bond acceptors (Lipinski definition) is 3. The lowest BCUT2D eigenvalue weighted by Gasteiger charge is -2.21. The van der Waals surface area contributed by atoms with Crippen LogP contribution in [0.15, 0.2) is 0 Å². The van der Waals surface area contributed by atoms with E-state index < -0.39 is 6.19 Å². The molecule has 2 atom stereocenters. The second-order valence-corrected chi connectivity index (χ2v) is 9.71. The van der Waals surface area contributed by atoms with E-state index in [-0.39, 0.29) is 6.42 Å². The summed E-state index contributed by atoms with van der Waals surface area (Å²) < 4.78 is 0. The van der Waals surface area contributed by atoms with Gasteiger partial charge in [0.25, 0.3) is 0 Å². The normalized spacial score (nSPS) is 15.9. The molecule has 0 aromatic rings. The molecule has 0 bridgehead atoms. The summed E-state index contributed by atoms with van der Waals surface area (Å²) in [4.78, 5) is 0. The quantitative estimate of drug-likeness (QED) is 0.383. The van der Waals surface area contributed by atoms with E-state index in [1.807, 2.05) is 6.07 Å². The van der Waals surface area contributed by atoms with Crippen molar-refractivity contribution in [3.63, 3.8) is 0 Å². The minimum Gasteiger partial charge on any atom is -0.309 e. The second-order valence-electron chi connectivity index (χ2n) is 4.81. The van der Waals surface area contributed by atoms with Gasteiger partial charge in [0.2, 0.25) is 0 Å². The van der Waals surface area contributed by atoms with E-state index in [9.17, 15) is 0 Å². The molecule has 98 valence electrons. The highest BCUT2D eigenvalue weighted by molar-refractivity contribution is 8.13. The number of unbranched alkanes of at least 4 members (excludes halogenated alkanes) is 2. The van der Waals surface area contributed by atoms with Gasteiger partial charge in [0.05, 0.1) is 12.5 Å². The van der Waals surface area contributed by atoms with Crippen molar-refractivity contribution in [3.8, 4) is 6.07 Å². The monoisotopic (exact) mass is 273 g/mol. The smallest absolute Gasteiger partial charge is 0.0728 e. The summed E-state index contributed by atoms with van der Waals surface area (Å²) in [6.07, 6.45) is 4.56. The first kappa shape index (κ1) is 16.8. The van der Waals surface area contributed by atoms with Gasteiger partial charge in [-0.2, -0.15) is 5.26 Å². The number of nitrogens with two attached hydrogens (primary N) is 1. The van der Waals surface area contributed by atoms with E-state index in [1.165, 1.54) is 12.8 Å². The predicted molar refractivity (Wildman–Crippen MR) is 79.5 cm³/mol. The Bertz CT molecular complexity index is 322. The molecule has 0 aliphatic heterocycles. The van der Waals surface area contributed by atoms with Gasteiger partial charge in [0, 0.05) is 11.9 Å². The summed E-state index contributed by atoms with van der Waals surface area (Å²) in [6.45, 7) is 4.26. The van der Waals surface area contributed by atoms with Crippen molar-refractivity contribution in [2.24, 2.45) is 11.4 Å². The zero-order chi connectivity index (χ0) is 13.3. The topological polar surface area (TPSA) is 73.7 Å². The van der Waals surface area contributed by atoms with E-state index >= 15 is 0 Å². The van der Waals surface area contributed by atoms with Gasteiger partial charge in [-0.25, -0.2) is 0 Å². The van der Waals surface area contributed by atoms with Crippen LogP contribution in [0, 0.1) is 22.7 Å². The third-order valence-electron chi connectivity index (χ3n) is 2.65. The van der Waals surface area contributed by atoms with Crippen LogP contribution in [0.3, 0.4) is 0 Å². The molecule has 0 saturated carbocycles. The molecule has 0 fully saturated rings. The number of hydrogen-bond donors (Lipinski definition) is 2. The first-order chi connectivity index (χ1) is 7.91. The molecule has 3 nitrogen and oxygen atoms in total. The molecule has 17 heavy (non-hydrogen) atoms. The van der Waals surface area contributed by atoms with E-state index in [1.54, 1.807) is 0 Å². The third-order valence-corrected chi connectivity index (χ3v) is 5.96. The lowest BCUT2D eigenvalue weighted by molar-refractivity contribution is 0.681. The zero-order valence-electron chi connectivity index (χ0n) is 10.9. The fraction of sp³-hybridized carbons (Fsp3) is 0.833. The van der Waals surface area contributed by atoms with Crippen LogP contribution in [0.2, 0.25) is 0 Å². The minimum absolute atomic E-state index is 0.230. The van der Waals surface area contributed by atoms with Crippen LogP contribution in [-0.2, 0) is 11.8 Å². The number of nitriles is 1. The Balaban J connectivity index is 4.00. The maximum absolute atomic E-state index is 8.50. The Labute approximate surface area is 110 Å². The molecule has 0 aromatic carbocycles. The Kier molecular flexibility index (Phi) is 8.68. The van der Waals surface area contributed by atoms with Gasteiger partial charge in [0.15, 0.2) is 0 Å².